The molecular weight excluding hydrogens is 353 g/mol. The van der Waals surface area contributed by atoms with Crippen molar-refractivity contribution in [2.75, 3.05) is 5.88 Å². The van der Waals surface area contributed by atoms with Gasteiger partial charge >= 0.3 is 6.18 Å². The molecule has 0 aliphatic rings. The number of nitrogens with zero attached hydrogens (tertiary/aromatic N) is 2. The molecule has 0 aliphatic carbocycles. The molecule has 1 aromatic heterocycles. The Morgan fingerprint density at radius 3 is 2.24 bits per heavy atom. The van der Waals surface area contributed by atoms with Crippen molar-refractivity contribution in [3.63, 3.8) is 0 Å². The quantitative estimate of drug-likeness (QED) is 0.627. The fourth-order valence-electron chi connectivity index (χ4n) is 2.63. The summed E-state index contributed by atoms with van der Waals surface area (Å²) in [5.74, 6) is 0.385. The van der Waals surface area contributed by atoms with Crippen LogP contribution in [0.15, 0.2) is 53.3 Å². The Morgan fingerprint density at radius 1 is 1.00 bits per heavy atom. The first kappa shape index (κ1) is 17.5. The standard InChI is InChI=1S/C18H14ClF3N2O/c19-10-3-11-24-17(25)15-5-2-1-4-14(15)16(23-24)12-6-8-13(9-7-12)18(20,21)22/h1-2,4-9H,3,10-11H2. The van der Waals surface area contributed by atoms with Gasteiger partial charge in [-0.15, -0.1) is 11.6 Å². The largest absolute Gasteiger partial charge is 0.416 e. The van der Waals surface area contributed by atoms with Gasteiger partial charge < -0.3 is 0 Å². The van der Waals surface area contributed by atoms with Crippen LogP contribution in [0.5, 0.6) is 0 Å². The molecular formula is C18H14ClF3N2O. The lowest BCUT2D eigenvalue weighted by molar-refractivity contribution is -0.137. The van der Waals surface area contributed by atoms with E-state index in [-0.39, 0.29) is 5.56 Å². The average molecular weight is 367 g/mol. The summed E-state index contributed by atoms with van der Waals surface area (Å²) in [5, 5.41) is 5.44. The lowest BCUT2D eigenvalue weighted by Crippen LogP contribution is -2.24. The molecule has 0 fully saturated rings. The van der Waals surface area contributed by atoms with Gasteiger partial charge in [0.1, 0.15) is 0 Å². The Morgan fingerprint density at radius 2 is 1.64 bits per heavy atom. The maximum Gasteiger partial charge on any atom is 0.416 e. The van der Waals surface area contributed by atoms with Crippen LogP contribution in [0.3, 0.4) is 0 Å². The van der Waals surface area contributed by atoms with Crippen LogP contribution in [0.2, 0.25) is 0 Å². The van der Waals surface area contributed by atoms with Gasteiger partial charge in [-0.05, 0) is 24.6 Å². The van der Waals surface area contributed by atoms with E-state index in [2.05, 4.69) is 5.10 Å². The van der Waals surface area contributed by atoms with Crippen molar-refractivity contribution in [2.45, 2.75) is 19.1 Å². The zero-order valence-corrected chi connectivity index (χ0v) is 13.8. The molecule has 3 nitrogen and oxygen atoms in total. The average Bonchev–Trinajstić information content (AvgIpc) is 2.61. The molecule has 2 aromatic carbocycles. The van der Waals surface area contributed by atoms with Crippen LogP contribution < -0.4 is 5.56 Å². The predicted octanol–water partition coefficient (Wildman–Crippen LogP) is 4.71. The highest BCUT2D eigenvalue weighted by Gasteiger charge is 2.30. The van der Waals surface area contributed by atoms with Crippen LogP contribution in [0.4, 0.5) is 13.2 Å². The topological polar surface area (TPSA) is 34.9 Å². The van der Waals surface area contributed by atoms with Crippen molar-refractivity contribution in [2.24, 2.45) is 0 Å². The Kier molecular flexibility index (Phi) is 4.81. The predicted molar refractivity (Wildman–Crippen MR) is 91.8 cm³/mol. The second-order valence-electron chi connectivity index (χ2n) is 5.54. The molecule has 0 spiro atoms. The van der Waals surface area contributed by atoms with E-state index in [1.807, 2.05) is 0 Å². The van der Waals surface area contributed by atoms with Gasteiger partial charge in [0, 0.05) is 23.4 Å². The van der Waals surface area contributed by atoms with Gasteiger partial charge in [0.25, 0.3) is 5.56 Å². The third kappa shape index (κ3) is 3.54. The van der Waals surface area contributed by atoms with Crippen molar-refractivity contribution in [1.29, 1.82) is 0 Å². The molecule has 1 heterocycles. The van der Waals surface area contributed by atoms with E-state index >= 15 is 0 Å². The van der Waals surface area contributed by atoms with Crippen LogP contribution in [0, 0.1) is 0 Å². The minimum atomic E-state index is -4.40. The number of aromatic nitrogens is 2. The van der Waals surface area contributed by atoms with Gasteiger partial charge in [-0.3, -0.25) is 4.79 Å². The number of hydrogen-bond donors (Lipinski definition) is 0. The van der Waals surface area contributed by atoms with Gasteiger partial charge in [-0.25, -0.2) is 4.68 Å². The first-order valence-electron chi connectivity index (χ1n) is 7.65. The summed E-state index contributed by atoms with van der Waals surface area (Å²) >= 11 is 5.69. The number of halogens is 4. The summed E-state index contributed by atoms with van der Waals surface area (Å²) in [4.78, 5) is 12.5. The highest BCUT2D eigenvalue weighted by Crippen LogP contribution is 2.31. The lowest BCUT2D eigenvalue weighted by atomic mass is 10.0. The summed E-state index contributed by atoms with van der Waals surface area (Å²) in [6.07, 6.45) is -3.83. The molecule has 0 saturated carbocycles. The van der Waals surface area contributed by atoms with Crippen LogP contribution in [-0.4, -0.2) is 15.7 Å². The third-order valence-corrected chi connectivity index (χ3v) is 4.12. The summed E-state index contributed by atoms with van der Waals surface area (Å²) in [5.41, 5.74) is 0.0229. The summed E-state index contributed by atoms with van der Waals surface area (Å²) in [6.45, 7) is 0.348. The summed E-state index contributed by atoms with van der Waals surface area (Å²) in [6, 6.07) is 11.7. The Balaban J connectivity index is 2.17. The zero-order chi connectivity index (χ0) is 18.0. The monoisotopic (exact) mass is 366 g/mol. The van der Waals surface area contributed by atoms with Crippen molar-refractivity contribution < 1.29 is 13.2 Å². The first-order chi connectivity index (χ1) is 11.9. The number of benzene rings is 2. The van der Waals surface area contributed by atoms with Gasteiger partial charge in [0.2, 0.25) is 0 Å². The van der Waals surface area contributed by atoms with E-state index in [1.54, 1.807) is 24.3 Å². The van der Waals surface area contributed by atoms with E-state index < -0.39 is 11.7 Å². The Hall–Kier alpha value is -2.34. The van der Waals surface area contributed by atoms with E-state index in [9.17, 15) is 18.0 Å². The summed E-state index contributed by atoms with van der Waals surface area (Å²) in [7, 11) is 0. The fourth-order valence-corrected chi connectivity index (χ4v) is 2.75. The molecule has 0 atom stereocenters. The fraction of sp³-hybridized carbons (Fsp3) is 0.222. The number of alkyl halides is 4. The highest BCUT2D eigenvalue weighted by atomic mass is 35.5. The minimum Gasteiger partial charge on any atom is -0.267 e. The maximum atomic E-state index is 12.8. The van der Waals surface area contributed by atoms with E-state index in [4.69, 9.17) is 11.6 Å². The zero-order valence-electron chi connectivity index (χ0n) is 13.1. The van der Waals surface area contributed by atoms with Crippen molar-refractivity contribution in [3.8, 4) is 11.3 Å². The smallest absolute Gasteiger partial charge is 0.267 e. The van der Waals surface area contributed by atoms with E-state index in [0.29, 0.717) is 40.9 Å². The van der Waals surface area contributed by atoms with Crippen molar-refractivity contribution in [1.82, 2.24) is 9.78 Å². The SMILES string of the molecule is O=c1c2ccccc2c(-c2ccc(C(F)(F)F)cc2)nn1CCCCl. The molecule has 0 saturated heterocycles. The van der Waals surface area contributed by atoms with Crippen LogP contribution in [-0.2, 0) is 12.7 Å². The molecule has 0 bridgehead atoms. The second kappa shape index (κ2) is 6.88. The molecule has 0 aliphatic heterocycles. The number of rotatable bonds is 4. The normalized spacial score (nSPS) is 11.8. The van der Waals surface area contributed by atoms with Crippen molar-refractivity contribution >= 4 is 22.4 Å². The molecule has 0 amide bonds. The van der Waals surface area contributed by atoms with Crippen LogP contribution >= 0.6 is 11.6 Å². The Bertz CT molecular complexity index is 949. The van der Waals surface area contributed by atoms with Gasteiger partial charge in [0.15, 0.2) is 0 Å². The van der Waals surface area contributed by atoms with E-state index in [1.165, 1.54) is 16.8 Å². The van der Waals surface area contributed by atoms with Crippen LogP contribution in [0.1, 0.15) is 12.0 Å². The highest BCUT2D eigenvalue weighted by molar-refractivity contribution is 6.17. The number of fused-ring (bicyclic) bond motifs is 1. The third-order valence-electron chi connectivity index (χ3n) is 3.86. The minimum absolute atomic E-state index is 0.239. The van der Waals surface area contributed by atoms with Crippen molar-refractivity contribution in [3.05, 3.63) is 64.4 Å². The van der Waals surface area contributed by atoms with Gasteiger partial charge in [-0.2, -0.15) is 18.3 Å². The lowest BCUT2D eigenvalue weighted by Gasteiger charge is -2.12. The summed E-state index contributed by atoms with van der Waals surface area (Å²) < 4.78 is 39.6. The van der Waals surface area contributed by atoms with E-state index in [0.717, 1.165) is 12.1 Å². The molecule has 0 N–H and O–H groups in total. The molecule has 3 rings (SSSR count). The van der Waals surface area contributed by atoms with Crippen LogP contribution in [0.25, 0.3) is 22.0 Å². The second-order valence-corrected chi connectivity index (χ2v) is 5.92. The van der Waals surface area contributed by atoms with Gasteiger partial charge in [0.05, 0.1) is 16.6 Å². The number of aryl methyl sites for hydroxylation is 1. The molecule has 25 heavy (non-hydrogen) atoms. The maximum absolute atomic E-state index is 12.8. The first-order valence-corrected chi connectivity index (χ1v) is 8.19. The molecule has 3 aromatic rings. The van der Waals surface area contributed by atoms with Gasteiger partial charge in [-0.1, -0.05) is 30.3 Å². The number of hydrogen-bond acceptors (Lipinski definition) is 2. The molecule has 0 radical (unpaired) electrons. The Labute approximate surface area is 146 Å². The molecule has 7 heteroatoms. The molecule has 0 unspecified atom stereocenters. The molecule has 130 valence electrons.